The van der Waals surface area contributed by atoms with E-state index in [4.69, 9.17) is 9.15 Å². The molecule has 0 atom stereocenters. The monoisotopic (exact) mass is 330 g/mol. The fourth-order valence-electron chi connectivity index (χ4n) is 2.35. The molecule has 0 spiro atoms. The summed E-state index contributed by atoms with van der Waals surface area (Å²) in [5.41, 5.74) is 3.46. The number of hydrogen-bond acceptors (Lipinski definition) is 4. The van der Waals surface area contributed by atoms with E-state index in [0.717, 1.165) is 39.1 Å². The van der Waals surface area contributed by atoms with Crippen LogP contribution in [0.15, 0.2) is 45.3 Å². The Kier molecular flexibility index (Phi) is 2.67. The molecule has 20 heavy (non-hydrogen) atoms. The van der Waals surface area contributed by atoms with E-state index in [2.05, 4.69) is 26.2 Å². The van der Waals surface area contributed by atoms with Gasteiger partial charge in [0.05, 0.1) is 11.3 Å². The van der Waals surface area contributed by atoms with Gasteiger partial charge in [-0.1, -0.05) is 22.0 Å². The van der Waals surface area contributed by atoms with Crippen molar-refractivity contribution in [2.75, 3.05) is 18.5 Å². The number of nitrogens with one attached hydrogen (secondary N) is 1. The molecule has 3 aromatic rings. The maximum absolute atomic E-state index is 5.84. The molecule has 2 aromatic carbocycles. The number of aromatic nitrogens is 1. The summed E-state index contributed by atoms with van der Waals surface area (Å²) in [6.07, 6.45) is 0. The summed E-state index contributed by atoms with van der Waals surface area (Å²) in [6.45, 7) is 1.47. The second-order valence-corrected chi connectivity index (χ2v) is 5.50. The van der Waals surface area contributed by atoms with Crippen molar-refractivity contribution in [3.8, 4) is 17.2 Å². The van der Waals surface area contributed by atoms with Crippen molar-refractivity contribution in [3.05, 3.63) is 40.9 Å². The summed E-state index contributed by atoms with van der Waals surface area (Å²) in [7, 11) is 0. The van der Waals surface area contributed by atoms with Gasteiger partial charge in [0, 0.05) is 11.0 Å². The van der Waals surface area contributed by atoms with Gasteiger partial charge in [-0.05, 0) is 30.3 Å². The Morgan fingerprint density at radius 3 is 3.10 bits per heavy atom. The van der Waals surface area contributed by atoms with E-state index in [9.17, 15) is 0 Å². The molecule has 100 valence electrons. The van der Waals surface area contributed by atoms with Gasteiger partial charge in [-0.25, -0.2) is 4.98 Å². The smallest absolute Gasteiger partial charge is 0.231 e. The summed E-state index contributed by atoms with van der Waals surface area (Å²) in [4.78, 5) is 4.55. The Hall–Kier alpha value is -2.01. The molecule has 1 aliphatic heterocycles. The largest absolute Gasteiger partial charge is 0.489 e. The van der Waals surface area contributed by atoms with Crippen molar-refractivity contribution in [2.45, 2.75) is 0 Å². The third kappa shape index (κ3) is 1.86. The van der Waals surface area contributed by atoms with Gasteiger partial charge in [0.1, 0.15) is 12.1 Å². The van der Waals surface area contributed by atoms with Gasteiger partial charge in [-0.2, -0.15) is 0 Å². The highest BCUT2D eigenvalue weighted by Gasteiger charge is 2.19. The first kappa shape index (κ1) is 11.8. The van der Waals surface area contributed by atoms with Gasteiger partial charge in [-0.3, -0.25) is 0 Å². The zero-order valence-electron chi connectivity index (χ0n) is 10.5. The number of anilines is 1. The lowest BCUT2D eigenvalue weighted by molar-refractivity contribution is 0.324. The zero-order valence-corrected chi connectivity index (χ0v) is 12.1. The number of benzene rings is 2. The van der Waals surface area contributed by atoms with Crippen LogP contribution in [-0.2, 0) is 0 Å². The average molecular weight is 331 g/mol. The van der Waals surface area contributed by atoms with Crippen LogP contribution in [0.1, 0.15) is 0 Å². The van der Waals surface area contributed by atoms with Crippen molar-refractivity contribution in [1.82, 2.24) is 4.98 Å². The van der Waals surface area contributed by atoms with Crippen LogP contribution in [0.25, 0.3) is 22.6 Å². The van der Waals surface area contributed by atoms with Crippen LogP contribution in [0, 0.1) is 0 Å². The molecule has 2 heterocycles. The Morgan fingerprint density at radius 1 is 1.20 bits per heavy atom. The van der Waals surface area contributed by atoms with Gasteiger partial charge in [0.15, 0.2) is 11.3 Å². The van der Waals surface area contributed by atoms with Crippen LogP contribution >= 0.6 is 15.9 Å². The van der Waals surface area contributed by atoms with Crippen molar-refractivity contribution < 1.29 is 9.15 Å². The van der Waals surface area contributed by atoms with Gasteiger partial charge in [0.2, 0.25) is 5.89 Å². The van der Waals surface area contributed by atoms with E-state index >= 15 is 0 Å². The molecule has 0 radical (unpaired) electrons. The summed E-state index contributed by atoms with van der Waals surface area (Å²) < 4.78 is 12.6. The number of fused-ring (bicyclic) bond motifs is 2. The molecule has 0 saturated heterocycles. The first-order chi connectivity index (χ1) is 9.81. The SMILES string of the molecule is Brc1ccc2oc(-c3cccc4c3OCCN4)nc2c1. The molecule has 4 nitrogen and oxygen atoms in total. The molecule has 5 heteroatoms. The molecule has 4 rings (SSSR count). The molecule has 0 amide bonds. The second-order valence-electron chi connectivity index (χ2n) is 4.59. The number of nitrogens with zero attached hydrogens (tertiary/aromatic N) is 1. The predicted octanol–water partition coefficient (Wildman–Crippen LogP) is 4.06. The lowest BCUT2D eigenvalue weighted by atomic mass is 10.1. The average Bonchev–Trinajstić information content (AvgIpc) is 2.89. The molecule has 1 aliphatic rings. The molecular formula is C15H11BrN2O2. The molecule has 0 unspecified atom stereocenters. The minimum absolute atomic E-state index is 0.582. The minimum atomic E-state index is 0.582. The number of hydrogen-bond donors (Lipinski definition) is 1. The van der Waals surface area contributed by atoms with E-state index in [0.29, 0.717) is 12.5 Å². The lowest BCUT2D eigenvalue weighted by Crippen LogP contribution is -2.18. The number of halogens is 1. The molecule has 1 N–H and O–H groups in total. The van der Waals surface area contributed by atoms with Crippen molar-refractivity contribution in [2.24, 2.45) is 0 Å². The van der Waals surface area contributed by atoms with Crippen LogP contribution in [-0.4, -0.2) is 18.1 Å². The van der Waals surface area contributed by atoms with Crippen LogP contribution in [0.5, 0.6) is 5.75 Å². The van der Waals surface area contributed by atoms with E-state index in [1.165, 1.54) is 0 Å². The molecule has 0 bridgehead atoms. The first-order valence-corrected chi connectivity index (χ1v) is 7.17. The number of oxazole rings is 1. The number of ether oxygens (including phenoxy) is 1. The maximum atomic E-state index is 5.84. The van der Waals surface area contributed by atoms with Crippen LogP contribution < -0.4 is 10.1 Å². The van der Waals surface area contributed by atoms with Crippen molar-refractivity contribution >= 4 is 32.7 Å². The number of rotatable bonds is 1. The van der Waals surface area contributed by atoms with Crippen molar-refractivity contribution in [1.29, 1.82) is 0 Å². The van der Waals surface area contributed by atoms with E-state index < -0.39 is 0 Å². The summed E-state index contributed by atoms with van der Waals surface area (Å²) in [6, 6.07) is 11.7. The summed E-state index contributed by atoms with van der Waals surface area (Å²) >= 11 is 3.44. The standard InChI is InChI=1S/C15H11BrN2O2/c16-9-4-5-13-12(8-9)18-15(20-13)10-2-1-3-11-14(10)19-7-6-17-11/h1-5,8,17H,6-7H2. The van der Waals surface area contributed by atoms with Gasteiger partial charge in [-0.15, -0.1) is 0 Å². The summed E-state index contributed by atoms with van der Waals surface area (Å²) in [5, 5.41) is 3.31. The maximum Gasteiger partial charge on any atom is 0.231 e. The van der Waals surface area contributed by atoms with Crippen LogP contribution in [0.4, 0.5) is 5.69 Å². The van der Waals surface area contributed by atoms with Gasteiger partial charge in [0.25, 0.3) is 0 Å². The molecular weight excluding hydrogens is 320 g/mol. The molecule has 0 fully saturated rings. The quantitative estimate of drug-likeness (QED) is 0.730. The molecule has 0 saturated carbocycles. The fraction of sp³-hybridized carbons (Fsp3) is 0.133. The third-order valence-corrected chi connectivity index (χ3v) is 3.75. The normalized spacial score (nSPS) is 13.7. The van der Waals surface area contributed by atoms with E-state index in [1.54, 1.807) is 0 Å². The Bertz CT molecular complexity index is 798. The topological polar surface area (TPSA) is 47.3 Å². The van der Waals surface area contributed by atoms with Crippen LogP contribution in [0.3, 0.4) is 0 Å². The highest BCUT2D eigenvalue weighted by atomic mass is 79.9. The Labute approximate surface area is 123 Å². The highest BCUT2D eigenvalue weighted by Crippen LogP contribution is 2.38. The minimum Gasteiger partial charge on any atom is -0.489 e. The lowest BCUT2D eigenvalue weighted by Gasteiger charge is -2.20. The van der Waals surface area contributed by atoms with Crippen molar-refractivity contribution in [3.63, 3.8) is 0 Å². The molecule has 0 aliphatic carbocycles. The van der Waals surface area contributed by atoms with Gasteiger partial charge >= 0.3 is 0 Å². The third-order valence-electron chi connectivity index (χ3n) is 3.26. The van der Waals surface area contributed by atoms with Crippen LogP contribution in [0.2, 0.25) is 0 Å². The Morgan fingerprint density at radius 2 is 2.15 bits per heavy atom. The molecule has 1 aromatic heterocycles. The zero-order chi connectivity index (χ0) is 13.5. The second kappa shape index (κ2) is 4.52. The number of para-hydroxylation sites is 1. The Balaban J connectivity index is 1.90. The first-order valence-electron chi connectivity index (χ1n) is 6.37. The van der Waals surface area contributed by atoms with Gasteiger partial charge < -0.3 is 14.5 Å². The van der Waals surface area contributed by atoms with E-state index in [1.807, 2.05) is 36.4 Å². The predicted molar refractivity (Wildman–Crippen MR) is 81.1 cm³/mol. The highest BCUT2D eigenvalue weighted by molar-refractivity contribution is 9.10. The summed E-state index contributed by atoms with van der Waals surface area (Å²) in [5.74, 6) is 1.39. The fourth-order valence-corrected chi connectivity index (χ4v) is 2.70. The van der Waals surface area contributed by atoms with E-state index in [-0.39, 0.29) is 0 Å².